The van der Waals surface area contributed by atoms with E-state index in [4.69, 9.17) is 14.4 Å². The van der Waals surface area contributed by atoms with Crippen LogP contribution in [-0.4, -0.2) is 52.8 Å². The summed E-state index contributed by atoms with van der Waals surface area (Å²) in [7, 11) is 0. The molecule has 1 fully saturated rings. The number of hydrogen-bond acceptors (Lipinski definition) is 5. The molecule has 7 nitrogen and oxygen atoms in total. The molecule has 104 valence electrons. The molecule has 0 spiro atoms. The van der Waals surface area contributed by atoms with E-state index in [9.17, 15) is 9.59 Å². The fourth-order valence-corrected chi connectivity index (χ4v) is 2.03. The number of aromatic nitrogens is 1. The minimum absolute atomic E-state index is 0.100. The smallest absolute Gasteiger partial charge is 0.329 e. The van der Waals surface area contributed by atoms with Crippen LogP contribution >= 0.6 is 0 Å². The van der Waals surface area contributed by atoms with Gasteiger partial charge in [-0.15, -0.1) is 0 Å². The summed E-state index contributed by atoms with van der Waals surface area (Å²) in [4.78, 5) is 24.1. The van der Waals surface area contributed by atoms with Crippen molar-refractivity contribution in [2.75, 3.05) is 19.7 Å². The molecule has 2 heterocycles. The number of nitrogens with zero attached hydrogens (tertiary/aromatic N) is 2. The Bertz CT molecular complexity index is 462. The standard InChI is InChI=1S/C12H16N2O5/c1-8-6-10(19-13-8)12(17)14-4-2-9(3-5-14)18-7-11(15)16/h6,9H,2-5,7H2,1H3,(H,15,16). The van der Waals surface area contributed by atoms with Crippen LogP contribution in [0.5, 0.6) is 0 Å². The minimum atomic E-state index is -0.976. The highest BCUT2D eigenvalue weighted by molar-refractivity contribution is 5.91. The van der Waals surface area contributed by atoms with Gasteiger partial charge in [-0.1, -0.05) is 5.16 Å². The van der Waals surface area contributed by atoms with Gasteiger partial charge >= 0.3 is 5.97 Å². The molecule has 1 saturated heterocycles. The molecule has 19 heavy (non-hydrogen) atoms. The molecule has 2 rings (SSSR count). The first-order chi connectivity index (χ1) is 9.06. The van der Waals surface area contributed by atoms with Crippen LogP contribution in [0.3, 0.4) is 0 Å². The molecule has 0 atom stereocenters. The molecule has 0 saturated carbocycles. The van der Waals surface area contributed by atoms with Gasteiger partial charge in [0.25, 0.3) is 5.91 Å². The van der Waals surface area contributed by atoms with Crippen LogP contribution in [0.15, 0.2) is 10.6 Å². The zero-order valence-corrected chi connectivity index (χ0v) is 10.7. The number of carbonyl (C=O) groups excluding carboxylic acids is 1. The predicted octanol–water partition coefficient (Wildman–Crippen LogP) is 0.689. The summed E-state index contributed by atoms with van der Waals surface area (Å²) in [5.74, 6) is -0.921. The fraction of sp³-hybridized carbons (Fsp3) is 0.583. The van der Waals surface area contributed by atoms with Gasteiger partial charge in [0.1, 0.15) is 6.61 Å². The van der Waals surface area contributed by atoms with Crippen LogP contribution in [0.1, 0.15) is 29.1 Å². The lowest BCUT2D eigenvalue weighted by atomic mass is 10.1. The number of ether oxygens (including phenoxy) is 1. The number of aryl methyl sites for hydroxylation is 1. The molecule has 0 aliphatic carbocycles. The van der Waals surface area contributed by atoms with Gasteiger partial charge in [-0.2, -0.15) is 0 Å². The Hall–Kier alpha value is -1.89. The number of carboxylic acid groups (broad SMARTS) is 1. The number of rotatable bonds is 4. The van der Waals surface area contributed by atoms with Crippen LogP contribution in [0.2, 0.25) is 0 Å². The van der Waals surface area contributed by atoms with E-state index >= 15 is 0 Å². The second kappa shape index (κ2) is 5.83. The Kier molecular flexibility index (Phi) is 4.16. The number of piperidine rings is 1. The monoisotopic (exact) mass is 268 g/mol. The van der Waals surface area contributed by atoms with Gasteiger partial charge in [-0.3, -0.25) is 4.79 Å². The first kappa shape index (κ1) is 13.5. The third-order valence-electron chi connectivity index (χ3n) is 3.01. The maximum Gasteiger partial charge on any atom is 0.329 e. The summed E-state index contributed by atoms with van der Waals surface area (Å²) in [5, 5.41) is 12.2. The van der Waals surface area contributed by atoms with Crippen molar-refractivity contribution < 1.29 is 24.0 Å². The molecule has 1 aromatic rings. The third-order valence-corrected chi connectivity index (χ3v) is 3.01. The van der Waals surface area contributed by atoms with Crippen molar-refractivity contribution in [2.24, 2.45) is 0 Å². The van der Waals surface area contributed by atoms with Crippen LogP contribution < -0.4 is 0 Å². The first-order valence-electron chi connectivity index (χ1n) is 6.12. The van der Waals surface area contributed by atoms with E-state index < -0.39 is 5.97 Å². The van der Waals surface area contributed by atoms with Crippen LogP contribution in [0.4, 0.5) is 0 Å². The Morgan fingerprint density at radius 1 is 1.53 bits per heavy atom. The summed E-state index contributed by atoms with van der Waals surface area (Å²) < 4.78 is 10.1. The van der Waals surface area contributed by atoms with Gasteiger partial charge in [-0.25, -0.2) is 4.79 Å². The van der Waals surface area contributed by atoms with Crippen molar-refractivity contribution in [1.82, 2.24) is 10.1 Å². The molecule has 1 aliphatic heterocycles. The molecule has 0 bridgehead atoms. The molecule has 0 aromatic carbocycles. The molecule has 1 aliphatic rings. The number of aliphatic carboxylic acids is 1. The Labute approximate surface area is 110 Å². The largest absolute Gasteiger partial charge is 0.480 e. The zero-order chi connectivity index (χ0) is 13.8. The quantitative estimate of drug-likeness (QED) is 0.863. The number of carbonyl (C=O) groups is 2. The van der Waals surface area contributed by atoms with E-state index in [1.165, 1.54) is 0 Å². The first-order valence-corrected chi connectivity index (χ1v) is 6.12. The summed E-state index contributed by atoms with van der Waals surface area (Å²) in [6, 6.07) is 1.61. The molecule has 1 amide bonds. The van der Waals surface area contributed by atoms with Crippen molar-refractivity contribution in [3.63, 3.8) is 0 Å². The zero-order valence-electron chi connectivity index (χ0n) is 10.7. The van der Waals surface area contributed by atoms with Crippen molar-refractivity contribution >= 4 is 11.9 Å². The molecule has 7 heteroatoms. The van der Waals surface area contributed by atoms with Crippen molar-refractivity contribution in [2.45, 2.75) is 25.9 Å². The van der Waals surface area contributed by atoms with Crippen LogP contribution in [0.25, 0.3) is 0 Å². The van der Waals surface area contributed by atoms with E-state index in [1.54, 1.807) is 17.9 Å². The average molecular weight is 268 g/mol. The average Bonchev–Trinajstić information content (AvgIpc) is 2.83. The van der Waals surface area contributed by atoms with Crippen molar-refractivity contribution in [1.29, 1.82) is 0 Å². The molecule has 0 unspecified atom stereocenters. The number of likely N-dealkylation sites (tertiary alicyclic amines) is 1. The maximum atomic E-state index is 12.0. The van der Waals surface area contributed by atoms with E-state index in [2.05, 4.69) is 5.16 Å². The van der Waals surface area contributed by atoms with Crippen LogP contribution in [-0.2, 0) is 9.53 Å². The summed E-state index contributed by atoms with van der Waals surface area (Å²) in [6.45, 7) is 2.53. The number of hydrogen-bond donors (Lipinski definition) is 1. The lowest BCUT2D eigenvalue weighted by Gasteiger charge is -2.30. The Balaban J connectivity index is 1.83. The van der Waals surface area contributed by atoms with E-state index in [1.807, 2.05) is 0 Å². The second-order valence-corrected chi connectivity index (χ2v) is 4.53. The molecule has 1 N–H and O–H groups in total. The fourth-order valence-electron chi connectivity index (χ4n) is 2.03. The van der Waals surface area contributed by atoms with E-state index in [0.717, 1.165) is 0 Å². The maximum absolute atomic E-state index is 12.0. The summed E-state index contributed by atoms with van der Waals surface area (Å²) >= 11 is 0. The van der Waals surface area contributed by atoms with Gasteiger partial charge in [0.05, 0.1) is 11.8 Å². The second-order valence-electron chi connectivity index (χ2n) is 4.53. The van der Waals surface area contributed by atoms with Crippen LogP contribution in [0, 0.1) is 6.92 Å². The lowest BCUT2D eigenvalue weighted by Crippen LogP contribution is -2.41. The van der Waals surface area contributed by atoms with E-state index in [0.29, 0.717) is 31.6 Å². The third kappa shape index (κ3) is 3.54. The lowest BCUT2D eigenvalue weighted by molar-refractivity contribution is -0.145. The molecular formula is C12H16N2O5. The van der Waals surface area contributed by atoms with Crippen molar-refractivity contribution in [3.8, 4) is 0 Å². The molecule has 0 radical (unpaired) electrons. The number of amides is 1. The van der Waals surface area contributed by atoms with Gasteiger partial charge in [0.15, 0.2) is 0 Å². The highest BCUT2D eigenvalue weighted by atomic mass is 16.5. The van der Waals surface area contributed by atoms with Gasteiger partial charge in [0, 0.05) is 19.2 Å². The normalized spacial score (nSPS) is 16.6. The van der Waals surface area contributed by atoms with Crippen molar-refractivity contribution in [3.05, 3.63) is 17.5 Å². The van der Waals surface area contributed by atoms with Gasteiger partial charge in [0.2, 0.25) is 5.76 Å². The topological polar surface area (TPSA) is 92.9 Å². The van der Waals surface area contributed by atoms with Gasteiger partial charge < -0.3 is 19.3 Å². The molecular weight excluding hydrogens is 252 g/mol. The minimum Gasteiger partial charge on any atom is -0.480 e. The summed E-state index contributed by atoms with van der Waals surface area (Å²) in [6.07, 6.45) is 1.16. The number of carboxylic acids is 1. The highest BCUT2D eigenvalue weighted by Gasteiger charge is 2.26. The predicted molar refractivity (Wildman–Crippen MR) is 63.8 cm³/mol. The van der Waals surface area contributed by atoms with E-state index in [-0.39, 0.29) is 24.4 Å². The SMILES string of the molecule is Cc1cc(C(=O)N2CCC(OCC(=O)O)CC2)on1. The molecule has 1 aromatic heterocycles. The summed E-state index contributed by atoms with van der Waals surface area (Å²) in [5.41, 5.74) is 0.669. The Morgan fingerprint density at radius 2 is 2.21 bits per heavy atom. The Morgan fingerprint density at radius 3 is 2.74 bits per heavy atom. The highest BCUT2D eigenvalue weighted by Crippen LogP contribution is 2.16. The van der Waals surface area contributed by atoms with Gasteiger partial charge in [-0.05, 0) is 19.8 Å².